The van der Waals surface area contributed by atoms with Gasteiger partial charge < -0.3 is 10.2 Å². The highest BCUT2D eigenvalue weighted by Crippen LogP contribution is 2.40. The van der Waals surface area contributed by atoms with Crippen molar-refractivity contribution in [1.82, 2.24) is 20.0 Å². The lowest BCUT2D eigenvalue weighted by molar-refractivity contribution is -0.122. The number of amides is 1. The van der Waals surface area contributed by atoms with Gasteiger partial charge in [-0.3, -0.25) is 9.48 Å². The molecule has 29 heavy (non-hydrogen) atoms. The predicted octanol–water partition coefficient (Wildman–Crippen LogP) is 4.89. The van der Waals surface area contributed by atoms with Crippen molar-refractivity contribution in [2.45, 2.75) is 97.1 Å². The van der Waals surface area contributed by atoms with E-state index in [1.54, 1.807) is 0 Å². The summed E-state index contributed by atoms with van der Waals surface area (Å²) in [5.41, 5.74) is 0.537. The largest absolute Gasteiger partial charge is 0.351 e. The molecule has 0 bridgehead atoms. The lowest BCUT2D eigenvalue weighted by Gasteiger charge is -2.26. The summed E-state index contributed by atoms with van der Waals surface area (Å²) in [4.78, 5) is 14.9. The Kier molecular flexibility index (Phi) is 10.0. The maximum Gasteiger partial charge on any atom is 0.280 e. The van der Waals surface area contributed by atoms with E-state index in [1.807, 2.05) is 6.92 Å². The first-order chi connectivity index (χ1) is 13.9. The average molecular weight is 413 g/mol. The number of halogens is 2. The van der Waals surface area contributed by atoms with Crippen molar-refractivity contribution in [2.24, 2.45) is 0 Å². The van der Waals surface area contributed by atoms with Gasteiger partial charge in [-0.15, -0.1) is 0 Å². The maximum atomic E-state index is 13.3. The highest BCUT2D eigenvalue weighted by molar-refractivity contribution is 5.76. The van der Waals surface area contributed by atoms with Crippen LogP contribution in [0, 0.1) is 0 Å². The van der Waals surface area contributed by atoms with E-state index in [-0.39, 0.29) is 30.1 Å². The summed E-state index contributed by atoms with van der Waals surface area (Å²) in [6.45, 7) is 9.09. The number of hydrogen-bond acceptors (Lipinski definition) is 3. The highest BCUT2D eigenvalue weighted by Gasteiger charge is 2.29. The van der Waals surface area contributed by atoms with Crippen LogP contribution >= 0.6 is 0 Å². The molecule has 0 spiro atoms. The molecule has 0 aromatic carbocycles. The zero-order chi connectivity index (χ0) is 21.2. The van der Waals surface area contributed by atoms with Crippen molar-refractivity contribution in [3.8, 4) is 0 Å². The summed E-state index contributed by atoms with van der Waals surface area (Å²) in [7, 11) is 0. The zero-order valence-corrected chi connectivity index (χ0v) is 18.3. The van der Waals surface area contributed by atoms with E-state index < -0.39 is 6.43 Å². The summed E-state index contributed by atoms with van der Waals surface area (Å²) in [5.74, 6) is 0.0300. The molecule has 1 aromatic rings. The van der Waals surface area contributed by atoms with Crippen LogP contribution in [0.1, 0.15) is 95.9 Å². The Morgan fingerprint density at radius 3 is 2.34 bits per heavy atom. The number of hydrogen-bond donors (Lipinski definition) is 1. The molecule has 1 aliphatic carbocycles. The van der Waals surface area contributed by atoms with E-state index in [0.29, 0.717) is 5.69 Å². The number of nitrogens with zero attached hydrogens (tertiary/aromatic N) is 3. The first-order valence-corrected chi connectivity index (χ1v) is 11.3. The molecule has 0 radical (unpaired) electrons. The minimum atomic E-state index is -2.62. The van der Waals surface area contributed by atoms with Gasteiger partial charge in [0, 0.05) is 18.5 Å². The molecular weight excluding hydrogens is 374 g/mol. The molecule has 1 atom stereocenters. The molecule has 1 N–H and O–H groups in total. The monoisotopic (exact) mass is 412 g/mol. The van der Waals surface area contributed by atoms with Crippen molar-refractivity contribution >= 4 is 5.91 Å². The van der Waals surface area contributed by atoms with Gasteiger partial charge in [0.05, 0.1) is 5.69 Å². The number of nitrogens with one attached hydrogen (secondary N) is 1. The molecule has 0 aliphatic heterocycles. The molecule has 2 rings (SSSR count). The van der Waals surface area contributed by atoms with Gasteiger partial charge >= 0.3 is 0 Å². The van der Waals surface area contributed by atoms with Crippen LogP contribution in [0.25, 0.3) is 0 Å². The van der Waals surface area contributed by atoms with Crippen LogP contribution in [-0.2, 0) is 11.3 Å². The number of aromatic nitrogens is 2. The molecule has 166 valence electrons. The summed E-state index contributed by atoms with van der Waals surface area (Å²) in [5, 5.41) is 7.24. The fraction of sp³-hybridized carbons (Fsp3) is 0.818. The Hall–Kier alpha value is -1.50. The molecule has 1 unspecified atom stereocenters. The zero-order valence-electron chi connectivity index (χ0n) is 18.3. The lowest BCUT2D eigenvalue weighted by atomic mass is 10.2. The van der Waals surface area contributed by atoms with Crippen molar-refractivity contribution in [2.75, 3.05) is 19.6 Å². The maximum absolute atomic E-state index is 13.3. The topological polar surface area (TPSA) is 50.2 Å². The Labute approximate surface area is 174 Å². The third-order valence-corrected chi connectivity index (χ3v) is 5.44. The fourth-order valence-corrected chi connectivity index (χ4v) is 3.69. The molecule has 1 aliphatic rings. The van der Waals surface area contributed by atoms with Gasteiger partial charge in [-0.05, 0) is 51.8 Å². The normalized spacial score (nSPS) is 15.3. The van der Waals surface area contributed by atoms with E-state index in [0.717, 1.165) is 45.3 Å². The summed E-state index contributed by atoms with van der Waals surface area (Å²) >= 11 is 0. The van der Waals surface area contributed by atoms with E-state index in [1.165, 1.54) is 36.4 Å². The van der Waals surface area contributed by atoms with E-state index in [2.05, 4.69) is 29.2 Å². The molecule has 1 fully saturated rings. The van der Waals surface area contributed by atoms with E-state index in [4.69, 9.17) is 0 Å². The van der Waals surface area contributed by atoms with Crippen LogP contribution in [-0.4, -0.2) is 46.3 Å². The molecule has 1 aromatic heterocycles. The minimum Gasteiger partial charge on any atom is -0.351 e. The molecule has 1 amide bonds. The molecule has 1 heterocycles. The average Bonchev–Trinajstić information content (AvgIpc) is 3.42. The van der Waals surface area contributed by atoms with Crippen LogP contribution in [0.2, 0.25) is 0 Å². The van der Waals surface area contributed by atoms with Gasteiger partial charge in [-0.2, -0.15) is 5.10 Å². The standard InChI is InChI=1S/C22H38F2N4O/c1-4-6-8-12-27(13-9-7-5-2)15-17(3)25-21(29)16-28-20(22(23)24)14-19(26-28)18-10-11-18/h14,17-18,22H,4-13,15-16H2,1-3H3,(H,25,29). The van der Waals surface area contributed by atoms with Crippen molar-refractivity contribution in [3.05, 3.63) is 17.5 Å². The number of unbranched alkanes of at least 4 members (excludes halogenated alkanes) is 4. The summed E-state index contributed by atoms with van der Waals surface area (Å²) in [6, 6.07) is 1.43. The number of carbonyl (C=O) groups excluding carboxylic acids is 1. The van der Waals surface area contributed by atoms with Crippen LogP contribution in [0.5, 0.6) is 0 Å². The van der Waals surface area contributed by atoms with Crippen LogP contribution < -0.4 is 5.32 Å². The second-order valence-corrected chi connectivity index (χ2v) is 8.41. The van der Waals surface area contributed by atoms with E-state index >= 15 is 0 Å². The van der Waals surface area contributed by atoms with Gasteiger partial charge in [-0.25, -0.2) is 8.78 Å². The van der Waals surface area contributed by atoms with Gasteiger partial charge in [0.15, 0.2) is 0 Å². The smallest absolute Gasteiger partial charge is 0.280 e. The SMILES string of the molecule is CCCCCN(CCCCC)CC(C)NC(=O)Cn1nc(C2CC2)cc1C(F)F. The molecular formula is C22H38F2N4O. The second-order valence-electron chi connectivity index (χ2n) is 8.41. The Bertz CT molecular complexity index is 606. The van der Waals surface area contributed by atoms with Crippen LogP contribution in [0.3, 0.4) is 0 Å². The van der Waals surface area contributed by atoms with Crippen molar-refractivity contribution in [1.29, 1.82) is 0 Å². The van der Waals surface area contributed by atoms with Crippen LogP contribution in [0.15, 0.2) is 6.07 Å². The molecule has 5 nitrogen and oxygen atoms in total. The fourth-order valence-electron chi connectivity index (χ4n) is 3.69. The number of carbonyl (C=O) groups is 1. The third kappa shape index (κ3) is 8.41. The number of rotatable bonds is 15. The predicted molar refractivity (Wildman–Crippen MR) is 112 cm³/mol. The highest BCUT2D eigenvalue weighted by atomic mass is 19.3. The van der Waals surface area contributed by atoms with E-state index in [9.17, 15) is 13.6 Å². The van der Waals surface area contributed by atoms with Crippen LogP contribution in [0.4, 0.5) is 8.78 Å². The molecule has 0 saturated heterocycles. The minimum absolute atomic E-state index is 0.0285. The second kappa shape index (κ2) is 12.3. The Balaban J connectivity index is 1.86. The van der Waals surface area contributed by atoms with Gasteiger partial charge in [-0.1, -0.05) is 39.5 Å². The number of alkyl halides is 2. The Morgan fingerprint density at radius 2 is 1.83 bits per heavy atom. The van der Waals surface area contributed by atoms with Gasteiger partial charge in [0.25, 0.3) is 6.43 Å². The lowest BCUT2D eigenvalue weighted by Crippen LogP contribution is -2.44. The molecule has 1 saturated carbocycles. The van der Waals surface area contributed by atoms with Crippen molar-refractivity contribution < 1.29 is 13.6 Å². The van der Waals surface area contributed by atoms with Crippen molar-refractivity contribution in [3.63, 3.8) is 0 Å². The summed E-state index contributed by atoms with van der Waals surface area (Å²) < 4.78 is 27.8. The molecule has 7 heteroatoms. The first-order valence-electron chi connectivity index (χ1n) is 11.3. The quantitative estimate of drug-likeness (QED) is 0.418. The van der Waals surface area contributed by atoms with Gasteiger partial charge in [0.1, 0.15) is 12.2 Å². The third-order valence-electron chi connectivity index (χ3n) is 5.44. The van der Waals surface area contributed by atoms with Gasteiger partial charge in [0.2, 0.25) is 5.91 Å². The Morgan fingerprint density at radius 1 is 1.21 bits per heavy atom. The first kappa shape index (κ1) is 23.8. The summed E-state index contributed by atoms with van der Waals surface area (Å²) in [6.07, 6.45) is 6.50.